The van der Waals surface area contributed by atoms with Gasteiger partial charge in [0.15, 0.2) is 0 Å². The van der Waals surface area contributed by atoms with Crippen molar-refractivity contribution in [2.45, 2.75) is 39.3 Å². The average Bonchev–Trinajstić information content (AvgIpc) is 2.50. The molecule has 0 aliphatic heterocycles. The Morgan fingerprint density at radius 3 is 2.29 bits per heavy atom. The summed E-state index contributed by atoms with van der Waals surface area (Å²) in [7, 11) is 0. The highest BCUT2D eigenvalue weighted by Gasteiger charge is 2.17. The first kappa shape index (κ1) is 15.5. The van der Waals surface area contributed by atoms with Crippen molar-refractivity contribution in [3.05, 3.63) is 65.2 Å². The summed E-state index contributed by atoms with van der Waals surface area (Å²) in [5.74, 6) is 6.67. The average molecular weight is 284 g/mol. The number of benzene rings is 2. The van der Waals surface area contributed by atoms with E-state index in [2.05, 4.69) is 42.7 Å². The molecule has 0 saturated heterocycles. The Bertz CT molecular complexity index is 564. The molecule has 2 aromatic rings. The fraction of sp³-hybridized carbons (Fsp3) is 0.333. The smallest absolute Gasteiger partial charge is 0.124 e. The lowest BCUT2D eigenvalue weighted by atomic mass is 9.97. The van der Waals surface area contributed by atoms with Gasteiger partial charge in [-0.25, -0.2) is 5.43 Å². The quantitative estimate of drug-likeness (QED) is 0.629. The number of nitrogens with one attached hydrogen (secondary N) is 1. The molecule has 0 aromatic heterocycles. The van der Waals surface area contributed by atoms with E-state index in [1.807, 2.05) is 32.0 Å². The number of para-hydroxylation sites is 1. The molecule has 0 saturated carbocycles. The molecule has 3 N–H and O–H groups in total. The van der Waals surface area contributed by atoms with Crippen LogP contribution in [-0.2, 0) is 6.42 Å². The van der Waals surface area contributed by atoms with Gasteiger partial charge in [-0.05, 0) is 37.5 Å². The van der Waals surface area contributed by atoms with Crippen LogP contribution >= 0.6 is 0 Å². The van der Waals surface area contributed by atoms with Crippen LogP contribution < -0.4 is 16.0 Å². The summed E-state index contributed by atoms with van der Waals surface area (Å²) in [6.45, 7) is 6.20. The van der Waals surface area contributed by atoms with E-state index in [0.717, 1.165) is 23.3 Å². The number of nitrogens with two attached hydrogens (primary N) is 1. The van der Waals surface area contributed by atoms with E-state index >= 15 is 0 Å². The third-order valence-corrected chi connectivity index (χ3v) is 3.48. The van der Waals surface area contributed by atoms with Gasteiger partial charge in [0.1, 0.15) is 5.75 Å². The number of hydrazine groups is 1. The summed E-state index contributed by atoms with van der Waals surface area (Å²) in [6.07, 6.45) is 1.17. The summed E-state index contributed by atoms with van der Waals surface area (Å²) in [4.78, 5) is 0. The molecule has 0 aliphatic carbocycles. The zero-order chi connectivity index (χ0) is 15.2. The Hall–Kier alpha value is -1.84. The minimum absolute atomic E-state index is 0.0779. The summed E-state index contributed by atoms with van der Waals surface area (Å²) in [6, 6.07) is 16.5. The normalized spacial score (nSPS) is 12.4. The second-order valence-electron chi connectivity index (χ2n) is 5.40. The summed E-state index contributed by atoms with van der Waals surface area (Å²) in [5.41, 5.74) is 6.41. The molecule has 0 fully saturated rings. The summed E-state index contributed by atoms with van der Waals surface area (Å²) < 4.78 is 5.90. The molecular weight excluding hydrogens is 260 g/mol. The highest BCUT2D eigenvalue weighted by molar-refractivity contribution is 5.42. The molecule has 112 valence electrons. The van der Waals surface area contributed by atoms with E-state index in [4.69, 9.17) is 10.6 Å². The number of rotatable bonds is 6. The van der Waals surface area contributed by atoms with Gasteiger partial charge in [-0.1, -0.05) is 49.4 Å². The van der Waals surface area contributed by atoms with Crippen LogP contribution in [0.1, 0.15) is 43.5 Å². The Balaban J connectivity index is 2.36. The molecule has 1 atom stereocenters. The number of hydrogen-bond donors (Lipinski definition) is 2. The van der Waals surface area contributed by atoms with E-state index in [9.17, 15) is 0 Å². The highest BCUT2D eigenvalue weighted by Crippen LogP contribution is 2.30. The second-order valence-corrected chi connectivity index (χ2v) is 5.40. The lowest BCUT2D eigenvalue weighted by Gasteiger charge is -2.21. The fourth-order valence-electron chi connectivity index (χ4n) is 2.39. The maximum atomic E-state index is 5.90. The van der Waals surface area contributed by atoms with Crippen molar-refractivity contribution in [3.63, 3.8) is 0 Å². The van der Waals surface area contributed by atoms with Crippen LogP contribution in [0.15, 0.2) is 48.5 Å². The van der Waals surface area contributed by atoms with E-state index in [1.54, 1.807) is 0 Å². The zero-order valence-corrected chi connectivity index (χ0v) is 13.0. The molecule has 21 heavy (non-hydrogen) atoms. The van der Waals surface area contributed by atoms with Crippen molar-refractivity contribution in [1.29, 1.82) is 0 Å². The van der Waals surface area contributed by atoms with Crippen molar-refractivity contribution in [3.8, 4) is 5.75 Å². The molecule has 3 heteroatoms. The van der Waals surface area contributed by atoms with Gasteiger partial charge in [-0.2, -0.15) is 0 Å². The van der Waals surface area contributed by atoms with Crippen molar-refractivity contribution in [2.24, 2.45) is 5.84 Å². The van der Waals surface area contributed by atoms with Gasteiger partial charge in [0.05, 0.1) is 12.1 Å². The van der Waals surface area contributed by atoms with Crippen LogP contribution in [0.2, 0.25) is 0 Å². The Morgan fingerprint density at radius 1 is 1.05 bits per heavy atom. The molecule has 2 aromatic carbocycles. The van der Waals surface area contributed by atoms with Crippen molar-refractivity contribution in [2.75, 3.05) is 0 Å². The maximum Gasteiger partial charge on any atom is 0.124 e. The van der Waals surface area contributed by atoms with E-state index in [0.29, 0.717) is 0 Å². The lowest BCUT2D eigenvalue weighted by Crippen LogP contribution is -2.29. The molecule has 0 bridgehead atoms. The molecule has 0 radical (unpaired) electrons. The fourth-order valence-corrected chi connectivity index (χ4v) is 2.39. The van der Waals surface area contributed by atoms with Gasteiger partial charge in [0, 0.05) is 5.56 Å². The molecule has 0 amide bonds. The van der Waals surface area contributed by atoms with E-state index in [-0.39, 0.29) is 12.1 Å². The molecule has 1 unspecified atom stereocenters. The molecule has 0 aliphatic rings. The van der Waals surface area contributed by atoms with Crippen LogP contribution in [0, 0.1) is 0 Å². The first-order valence-corrected chi connectivity index (χ1v) is 7.46. The van der Waals surface area contributed by atoms with Crippen molar-refractivity contribution < 1.29 is 4.74 Å². The molecule has 0 spiro atoms. The molecular formula is C18H24N2O. The van der Waals surface area contributed by atoms with Crippen LogP contribution in [-0.4, -0.2) is 6.10 Å². The Labute approximate surface area is 127 Å². The van der Waals surface area contributed by atoms with Crippen LogP contribution in [0.3, 0.4) is 0 Å². The van der Waals surface area contributed by atoms with Crippen LogP contribution in [0.5, 0.6) is 5.75 Å². The van der Waals surface area contributed by atoms with Gasteiger partial charge in [-0.3, -0.25) is 5.84 Å². The van der Waals surface area contributed by atoms with Crippen molar-refractivity contribution in [1.82, 2.24) is 5.43 Å². The predicted octanol–water partition coefficient (Wildman–Crippen LogP) is 3.59. The first-order valence-electron chi connectivity index (χ1n) is 7.46. The van der Waals surface area contributed by atoms with Crippen LogP contribution in [0.4, 0.5) is 0 Å². The second kappa shape index (κ2) is 7.25. The SMILES string of the molecule is CCc1ccc(C(NN)c2ccccc2OC(C)C)cc1. The van der Waals surface area contributed by atoms with Gasteiger partial charge in [0.25, 0.3) is 0 Å². The third-order valence-electron chi connectivity index (χ3n) is 3.48. The number of ether oxygens (including phenoxy) is 1. The lowest BCUT2D eigenvalue weighted by molar-refractivity contribution is 0.238. The minimum atomic E-state index is -0.0779. The molecule has 3 nitrogen and oxygen atoms in total. The molecule has 0 heterocycles. The summed E-state index contributed by atoms with van der Waals surface area (Å²) in [5, 5.41) is 0. The van der Waals surface area contributed by atoms with E-state index < -0.39 is 0 Å². The molecule has 2 rings (SSSR count). The predicted molar refractivity (Wildman–Crippen MR) is 87.2 cm³/mol. The van der Waals surface area contributed by atoms with Gasteiger partial charge < -0.3 is 4.74 Å². The first-order chi connectivity index (χ1) is 10.2. The van der Waals surface area contributed by atoms with Gasteiger partial charge >= 0.3 is 0 Å². The monoisotopic (exact) mass is 284 g/mol. The minimum Gasteiger partial charge on any atom is -0.491 e. The topological polar surface area (TPSA) is 47.3 Å². The Kier molecular flexibility index (Phi) is 5.37. The van der Waals surface area contributed by atoms with Crippen molar-refractivity contribution >= 4 is 0 Å². The standard InChI is InChI=1S/C18H24N2O/c1-4-14-9-11-15(12-10-14)18(20-19)16-7-5-6-8-17(16)21-13(2)3/h5-13,18,20H,4,19H2,1-3H3. The van der Waals surface area contributed by atoms with Crippen LogP contribution in [0.25, 0.3) is 0 Å². The van der Waals surface area contributed by atoms with Gasteiger partial charge in [0.2, 0.25) is 0 Å². The summed E-state index contributed by atoms with van der Waals surface area (Å²) >= 11 is 0. The highest BCUT2D eigenvalue weighted by atomic mass is 16.5. The third kappa shape index (κ3) is 3.84. The Morgan fingerprint density at radius 2 is 1.71 bits per heavy atom. The van der Waals surface area contributed by atoms with E-state index in [1.165, 1.54) is 5.56 Å². The van der Waals surface area contributed by atoms with Gasteiger partial charge in [-0.15, -0.1) is 0 Å². The maximum absolute atomic E-state index is 5.90. The largest absolute Gasteiger partial charge is 0.491 e. The number of hydrogen-bond acceptors (Lipinski definition) is 3. The number of aryl methyl sites for hydroxylation is 1. The zero-order valence-electron chi connectivity index (χ0n) is 13.0.